The summed E-state index contributed by atoms with van der Waals surface area (Å²) in [6.07, 6.45) is 4.05. The van der Waals surface area contributed by atoms with Crippen molar-refractivity contribution in [3.05, 3.63) is 60.6 Å². The third kappa shape index (κ3) is 6.07. The van der Waals surface area contributed by atoms with E-state index >= 15 is 0 Å². The minimum Gasteiger partial charge on any atom is -0.479 e. The molecule has 13 heteroatoms. The van der Waals surface area contributed by atoms with Gasteiger partial charge in [0, 0.05) is 42.8 Å². The van der Waals surface area contributed by atoms with E-state index < -0.39 is 15.4 Å². The molecule has 12 nitrogen and oxygen atoms in total. The van der Waals surface area contributed by atoms with Crippen molar-refractivity contribution in [3.8, 4) is 40.1 Å². The number of hydrogen-bond acceptors (Lipinski definition) is 11. The molecule has 1 aliphatic heterocycles. The van der Waals surface area contributed by atoms with Gasteiger partial charge in [-0.15, -0.1) is 0 Å². The summed E-state index contributed by atoms with van der Waals surface area (Å²) in [4.78, 5) is 29.1. The van der Waals surface area contributed by atoms with Crippen molar-refractivity contribution in [3.63, 3.8) is 0 Å². The quantitative estimate of drug-likeness (QED) is 0.341. The van der Waals surface area contributed by atoms with Crippen LogP contribution in [0.25, 0.3) is 22.4 Å². The molecule has 0 atom stereocenters. The molecule has 4 aromatic heterocycles. The fourth-order valence-electron chi connectivity index (χ4n) is 4.12. The van der Waals surface area contributed by atoms with E-state index in [2.05, 4.69) is 30.6 Å². The largest absolute Gasteiger partial charge is 0.479 e. The van der Waals surface area contributed by atoms with E-state index in [4.69, 9.17) is 9.47 Å². The average Bonchev–Trinajstić information content (AvgIpc) is 2.91. The van der Waals surface area contributed by atoms with E-state index in [-0.39, 0.29) is 28.3 Å². The molecule has 0 saturated heterocycles. The zero-order valence-electron chi connectivity index (χ0n) is 22.6. The molecule has 0 radical (unpaired) electrons. The first-order chi connectivity index (χ1) is 19.4. The van der Waals surface area contributed by atoms with Crippen LogP contribution in [0.2, 0.25) is 0 Å². The Balaban J connectivity index is 1.63. The van der Waals surface area contributed by atoms with Crippen LogP contribution in [0, 0.1) is 11.3 Å². The lowest BCUT2D eigenvalue weighted by Crippen LogP contribution is -2.39. The summed E-state index contributed by atoms with van der Waals surface area (Å²) in [5, 5.41) is 15.2. The van der Waals surface area contributed by atoms with Crippen molar-refractivity contribution in [1.29, 1.82) is 5.26 Å². The Kier molecular flexibility index (Phi) is 7.02. The van der Waals surface area contributed by atoms with Gasteiger partial charge in [0.1, 0.15) is 35.6 Å². The fourth-order valence-corrected chi connectivity index (χ4v) is 4.72. The molecule has 0 unspecified atom stereocenters. The van der Waals surface area contributed by atoms with Crippen LogP contribution < -0.4 is 20.1 Å². The molecule has 2 N–H and O–H groups in total. The number of pyridine rings is 4. The van der Waals surface area contributed by atoms with Gasteiger partial charge in [0.05, 0.1) is 11.4 Å². The molecule has 0 fully saturated rings. The van der Waals surface area contributed by atoms with Gasteiger partial charge in [-0.2, -0.15) is 5.26 Å². The topological polar surface area (TPSA) is 169 Å². The highest BCUT2D eigenvalue weighted by molar-refractivity contribution is 7.90. The van der Waals surface area contributed by atoms with Crippen molar-refractivity contribution in [2.75, 3.05) is 23.5 Å². The number of carbonyl (C=O) groups excluding carboxylic acids is 1. The van der Waals surface area contributed by atoms with Crippen LogP contribution >= 0.6 is 0 Å². The van der Waals surface area contributed by atoms with Crippen molar-refractivity contribution in [2.24, 2.45) is 0 Å². The maximum atomic E-state index is 12.6. The molecule has 0 bridgehead atoms. The number of nitrogens with zero attached hydrogens (tertiary/aromatic N) is 5. The highest BCUT2D eigenvalue weighted by Gasteiger charge is 2.29. The molecule has 0 aromatic carbocycles. The number of carbonyl (C=O) groups is 1. The number of nitrogens with one attached hydrogen (secondary N) is 2. The van der Waals surface area contributed by atoms with Gasteiger partial charge in [-0.25, -0.2) is 28.4 Å². The second-order valence-electron chi connectivity index (χ2n) is 9.93. The van der Waals surface area contributed by atoms with Crippen LogP contribution in [0.5, 0.6) is 11.6 Å². The molecule has 0 saturated carbocycles. The lowest BCUT2D eigenvalue weighted by atomic mass is 10.1. The van der Waals surface area contributed by atoms with Crippen molar-refractivity contribution < 1.29 is 22.7 Å². The molecule has 4 aromatic rings. The first kappa shape index (κ1) is 27.5. The van der Waals surface area contributed by atoms with Gasteiger partial charge in [-0.1, -0.05) is 0 Å². The van der Waals surface area contributed by atoms with E-state index in [1.165, 1.54) is 25.4 Å². The Morgan fingerprint density at radius 1 is 1.07 bits per heavy atom. The average molecular weight is 572 g/mol. The normalized spacial score (nSPS) is 13.6. The Bertz CT molecular complexity index is 1830. The standard InChI is InChI=1S/C28H25N7O5S/c1-16(36)32-24-12-21(19(14-31-24)20-7-8-23-27(34-20)39-15-28(2,3)40-23)33-25-10-17(11-26(35-25)41(4,37)38)18-6-5-9-30-22(18)13-29/h5-12,14H,15H2,1-4H3,(H2,31,32,33,35,36). The van der Waals surface area contributed by atoms with E-state index in [0.717, 1.165) is 6.26 Å². The van der Waals surface area contributed by atoms with Crippen LogP contribution in [0.1, 0.15) is 26.5 Å². The van der Waals surface area contributed by atoms with Gasteiger partial charge in [-0.05, 0) is 55.8 Å². The minimum atomic E-state index is -3.74. The van der Waals surface area contributed by atoms with Crippen LogP contribution in [-0.4, -0.2) is 52.7 Å². The Hall–Kier alpha value is -5.09. The Labute approximate surface area is 236 Å². The van der Waals surface area contributed by atoms with Crippen LogP contribution in [0.3, 0.4) is 0 Å². The summed E-state index contributed by atoms with van der Waals surface area (Å²) in [7, 11) is -3.74. The number of hydrogen-bond donors (Lipinski definition) is 2. The highest BCUT2D eigenvalue weighted by atomic mass is 32.2. The molecule has 5 rings (SSSR count). The lowest BCUT2D eigenvalue weighted by molar-refractivity contribution is -0.114. The maximum absolute atomic E-state index is 12.6. The number of anilines is 3. The molecule has 0 spiro atoms. The number of aromatic nitrogens is 4. The fraction of sp³-hybridized carbons (Fsp3) is 0.214. The number of rotatable bonds is 6. The van der Waals surface area contributed by atoms with E-state index in [1.807, 2.05) is 19.9 Å². The van der Waals surface area contributed by atoms with Crippen molar-refractivity contribution in [1.82, 2.24) is 19.9 Å². The van der Waals surface area contributed by atoms with Crippen molar-refractivity contribution in [2.45, 2.75) is 31.4 Å². The van der Waals surface area contributed by atoms with Crippen LogP contribution in [-0.2, 0) is 14.6 Å². The van der Waals surface area contributed by atoms with Crippen molar-refractivity contribution >= 4 is 33.1 Å². The maximum Gasteiger partial charge on any atom is 0.257 e. The Morgan fingerprint density at radius 3 is 2.61 bits per heavy atom. The van der Waals surface area contributed by atoms with Crippen LogP contribution in [0.4, 0.5) is 17.3 Å². The van der Waals surface area contributed by atoms with Crippen LogP contribution in [0.15, 0.2) is 59.9 Å². The zero-order valence-corrected chi connectivity index (χ0v) is 23.4. The van der Waals surface area contributed by atoms with E-state index in [1.54, 1.807) is 36.4 Å². The summed E-state index contributed by atoms with van der Waals surface area (Å²) >= 11 is 0. The Morgan fingerprint density at radius 2 is 1.88 bits per heavy atom. The van der Waals surface area contributed by atoms with E-state index in [0.29, 0.717) is 46.3 Å². The molecule has 41 heavy (non-hydrogen) atoms. The summed E-state index contributed by atoms with van der Waals surface area (Å²) in [5.74, 6) is 0.909. The second kappa shape index (κ2) is 10.5. The van der Waals surface area contributed by atoms with E-state index in [9.17, 15) is 18.5 Å². The molecular weight excluding hydrogens is 546 g/mol. The number of amides is 1. The minimum absolute atomic E-state index is 0.130. The number of ether oxygens (including phenoxy) is 2. The smallest absolute Gasteiger partial charge is 0.257 e. The van der Waals surface area contributed by atoms with Gasteiger partial charge in [-0.3, -0.25) is 4.79 Å². The second-order valence-corrected chi connectivity index (χ2v) is 11.9. The molecule has 1 amide bonds. The van der Waals surface area contributed by atoms with Gasteiger partial charge in [0.15, 0.2) is 20.6 Å². The predicted octanol–water partition coefficient (Wildman–Crippen LogP) is 4.13. The summed E-state index contributed by atoms with van der Waals surface area (Å²) in [6, 6.07) is 13.4. The van der Waals surface area contributed by atoms with Gasteiger partial charge < -0.3 is 20.1 Å². The summed E-state index contributed by atoms with van der Waals surface area (Å²) < 4.78 is 36.9. The third-order valence-corrected chi connectivity index (χ3v) is 6.89. The first-order valence-corrected chi connectivity index (χ1v) is 14.3. The zero-order chi connectivity index (χ0) is 29.4. The van der Waals surface area contributed by atoms with Gasteiger partial charge in [0.2, 0.25) is 5.91 Å². The SMILES string of the molecule is CC(=O)Nc1cc(Nc2cc(-c3cccnc3C#N)cc(S(C)(=O)=O)n2)c(-c2ccc3c(n2)OCC(C)(C)O3)cn1. The monoisotopic (exact) mass is 571 g/mol. The summed E-state index contributed by atoms with van der Waals surface area (Å²) in [6.45, 7) is 5.49. The lowest BCUT2D eigenvalue weighted by Gasteiger charge is -2.31. The highest BCUT2D eigenvalue weighted by Crippen LogP contribution is 2.38. The first-order valence-electron chi connectivity index (χ1n) is 12.4. The van der Waals surface area contributed by atoms with Gasteiger partial charge in [0.25, 0.3) is 5.88 Å². The molecule has 208 valence electrons. The number of nitriles is 1. The third-order valence-electron chi connectivity index (χ3n) is 5.92. The molecular formula is C28H25N7O5S. The summed E-state index contributed by atoms with van der Waals surface area (Å²) in [5.41, 5.74) is 1.91. The predicted molar refractivity (Wildman–Crippen MR) is 151 cm³/mol. The molecule has 0 aliphatic carbocycles. The number of sulfone groups is 1. The molecule has 5 heterocycles. The van der Waals surface area contributed by atoms with Gasteiger partial charge >= 0.3 is 0 Å². The number of fused-ring (bicyclic) bond motifs is 1. The molecule has 1 aliphatic rings.